The highest BCUT2D eigenvalue weighted by molar-refractivity contribution is 6.40. The number of rotatable bonds is 4. The third-order valence-corrected chi connectivity index (χ3v) is 2.63. The molecule has 1 rings (SSSR count). The number of ketones is 1. The molecule has 4 heteroatoms. The summed E-state index contributed by atoms with van der Waals surface area (Å²) in [5.74, 6) is -2.02. The fraction of sp³-hybridized carbons (Fsp3) is 0.429. The SMILES string of the molecule is CCOC(=O)C(=O)c1cc(C)c(F)c(C(C)C)c1. The topological polar surface area (TPSA) is 43.4 Å². The average Bonchev–Trinajstić information content (AvgIpc) is 2.31. The van der Waals surface area contributed by atoms with Crippen molar-refractivity contribution in [2.45, 2.75) is 33.6 Å². The Morgan fingerprint density at radius 1 is 1.33 bits per heavy atom. The molecule has 0 saturated carbocycles. The normalized spacial score (nSPS) is 10.6. The zero-order valence-electron chi connectivity index (χ0n) is 11.0. The predicted octanol–water partition coefficient (Wildman–Crippen LogP) is 3.00. The van der Waals surface area contributed by atoms with E-state index in [1.165, 1.54) is 12.1 Å². The van der Waals surface area contributed by atoms with E-state index >= 15 is 0 Å². The molecule has 0 saturated heterocycles. The summed E-state index contributed by atoms with van der Waals surface area (Å²) in [5, 5.41) is 0. The van der Waals surface area contributed by atoms with Gasteiger partial charge < -0.3 is 4.74 Å². The second-order valence-electron chi connectivity index (χ2n) is 4.40. The van der Waals surface area contributed by atoms with Crippen LogP contribution in [0.3, 0.4) is 0 Å². The Kier molecular flexibility index (Phi) is 4.59. The number of Topliss-reactive ketones (excluding diaryl/α,β-unsaturated/α-hetero) is 1. The van der Waals surface area contributed by atoms with Gasteiger partial charge in [0.1, 0.15) is 5.82 Å². The summed E-state index contributed by atoms with van der Waals surface area (Å²) in [6.07, 6.45) is 0. The maximum Gasteiger partial charge on any atom is 0.379 e. The summed E-state index contributed by atoms with van der Waals surface area (Å²) in [7, 11) is 0. The molecule has 0 aliphatic heterocycles. The maximum absolute atomic E-state index is 13.8. The first-order valence-corrected chi connectivity index (χ1v) is 5.90. The van der Waals surface area contributed by atoms with Crippen LogP contribution in [0.5, 0.6) is 0 Å². The highest BCUT2D eigenvalue weighted by Crippen LogP contribution is 2.23. The lowest BCUT2D eigenvalue weighted by molar-refractivity contribution is -0.137. The van der Waals surface area contributed by atoms with Gasteiger partial charge in [0, 0.05) is 5.56 Å². The molecule has 0 unspecified atom stereocenters. The highest BCUT2D eigenvalue weighted by Gasteiger charge is 2.21. The van der Waals surface area contributed by atoms with E-state index in [0.29, 0.717) is 11.1 Å². The molecule has 1 aromatic carbocycles. The first kappa shape index (κ1) is 14.4. The van der Waals surface area contributed by atoms with E-state index in [1.54, 1.807) is 13.8 Å². The Morgan fingerprint density at radius 2 is 1.94 bits per heavy atom. The van der Waals surface area contributed by atoms with Crippen molar-refractivity contribution in [1.82, 2.24) is 0 Å². The largest absolute Gasteiger partial charge is 0.460 e. The van der Waals surface area contributed by atoms with Crippen molar-refractivity contribution >= 4 is 11.8 Å². The van der Waals surface area contributed by atoms with Crippen molar-refractivity contribution in [3.8, 4) is 0 Å². The molecule has 18 heavy (non-hydrogen) atoms. The van der Waals surface area contributed by atoms with Crippen molar-refractivity contribution in [2.24, 2.45) is 0 Å². The molecule has 0 aliphatic rings. The lowest BCUT2D eigenvalue weighted by Gasteiger charge is -2.11. The molecular weight excluding hydrogens is 235 g/mol. The molecule has 0 bridgehead atoms. The number of hydrogen-bond donors (Lipinski definition) is 0. The quantitative estimate of drug-likeness (QED) is 0.470. The zero-order valence-corrected chi connectivity index (χ0v) is 11.0. The van der Waals surface area contributed by atoms with Gasteiger partial charge in [-0.3, -0.25) is 4.79 Å². The van der Waals surface area contributed by atoms with Gasteiger partial charge in [-0.1, -0.05) is 13.8 Å². The lowest BCUT2D eigenvalue weighted by atomic mass is 9.95. The first-order valence-electron chi connectivity index (χ1n) is 5.90. The van der Waals surface area contributed by atoms with Crippen molar-refractivity contribution in [3.63, 3.8) is 0 Å². The van der Waals surface area contributed by atoms with E-state index in [4.69, 9.17) is 0 Å². The smallest absolute Gasteiger partial charge is 0.379 e. The standard InChI is InChI=1S/C14H17FO3/c1-5-18-14(17)13(16)10-6-9(4)12(15)11(7-10)8(2)3/h6-8H,5H2,1-4H3. The summed E-state index contributed by atoms with van der Waals surface area (Å²) >= 11 is 0. The van der Waals surface area contributed by atoms with Crippen LogP contribution in [0.4, 0.5) is 4.39 Å². The third kappa shape index (κ3) is 2.94. The van der Waals surface area contributed by atoms with E-state index in [2.05, 4.69) is 4.74 Å². The Morgan fingerprint density at radius 3 is 2.44 bits per heavy atom. The second kappa shape index (κ2) is 5.76. The summed E-state index contributed by atoms with van der Waals surface area (Å²) in [5.41, 5.74) is 0.965. The van der Waals surface area contributed by atoms with Gasteiger partial charge in [-0.05, 0) is 43.0 Å². The fourth-order valence-electron chi connectivity index (χ4n) is 1.66. The molecule has 98 valence electrons. The van der Waals surface area contributed by atoms with Crippen molar-refractivity contribution in [1.29, 1.82) is 0 Å². The second-order valence-corrected chi connectivity index (χ2v) is 4.40. The highest BCUT2D eigenvalue weighted by atomic mass is 19.1. The van der Waals surface area contributed by atoms with Crippen LogP contribution in [0.2, 0.25) is 0 Å². The number of esters is 1. The van der Waals surface area contributed by atoms with Crippen LogP contribution in [0.25, 0.3) is 0 Å². The van der Waals surface area contributed by atoms with Gasteiger partial charge >= 0.3 is 5.97 Å². The monoisotopic (exact) mass is 252 g/mol. The minimum absolute atomic E-state index is 0.0568. The van der Waals surface area contributed by atoms with E-state index in [-0.39, 0.29) is 23.9 Å². The molecule has 0 aromatic heterocycles. The van der Waals surface area contributed by atoms with Crippen LogP contribution in [0.1, 0.15) is 48.2 Å². The van der Waals surface area contributed by atoms with Crippen LogP contribution < -0.4 is 0 Å². The molecule has 0 spiro atoms. The average molecular weight is 252 g/mol. The third-order valence-electron chi connectivity index (χ3n) is 2.63. The Labute approximate surface area is 106 Å². The molecule has 0 radical (unpaired) electrons. The number of benzene rings is 1. The molecule has 0 heterocycles. The van der Waals surface area contributed by atoms with E-state index in [9.17, 15) is 14.0 Å². The van der Waals surface area contributed by atoms with Gasteiger partial charge in [-0.15, -0.1) is 0 Å². The van der Waals surface area contributed by atoms with Gasteiger partial charge in [0.25, 0.3) is 5.78 Å². The number of carbonyl (C=O) groups is 2. The van der Waals surface area contributed by atoms with Gasteiger partial charge in [-0.25, -0.2) is 9.18 Å². The van der Waals surface area contributed by atoms with Crippen LogP contribution in [-0.2, 0) is 9.53 Å². The Hall–Kier alpha value is -1.71. The number of aryl methyl sites for hydroxylation is 1. The summed E-state index contributed by atoms with van der Waals surface area (Å²) in [6.45, 7) is 7.00. The molecule has 1 aromatic rings. The zero-order chi connectivity index (χ0) is 13.9. The minimum atomic E-state index is -0.904. The molecule has 0 atom stereocenters. The maximum atomic E-state index is 13.8. The number of carbonyl (C=O) groups excluding carboxylic acids is 2. The van der Waals surface area contributed by atoms with Crippen molar-refractivity contribution < 1.29 is 18.7 Å². The van der Waals surface area contributed by atoms with E-state index < -0.39 is 11.8 Å². The van der Waals surface area contributed by atoms with Gasteiger partial charge in [0.05, 0.1) is 6.61 Å². The first-order chi connectivity index (χ1) is 8.38. The summed E-state index contributed by atoms with van der Waals surface area (Å²) < 4.78 is 18.5. The number of ether oxygens (including phenoxy) is 1. The molecule has 0 N–H and O–H groups in total. The van der Waals surface area contributed by atoms with Crippen molar-refractivity contribution in [3.05, 3.63) is 34.6 Å². The van der Waals surface area contributed by atoms with Crippen molar-refractivity contribution in [2.75, 3.05) is 6.61 Å². The molecular formula is C14H17FO3. The lowest BCUT2D eigenvalue weighted by Crippen LogP contribution is -2.18. The fourth-order valence-corrected chi connectivity index (χ4v) is 1.66. The van der Waals surface area contributed by atoms with E-state index in [1.807, 2.05) is 13.8 Å². The number of halogens is 1. The van der Waals surface area contributed by atoms with Gasteiger partial charge in [0.15, 0.2) is 0 Å². The minimum Gasteiger partial charge on any atom is -0.460 e. The van der Waals surface area contributed by atoms with Crippen LogP contribution in [-0.4, -0.2) is 18.4 Å². The molecule has 0 amide bonds. The van der Waals surface area contributed by atoms with Gasteiger partial charge in [0.2, 0.25) is 0 Å². The van der Waals surface area contributed by atoms with E-state index in [0.717, 1.165) is 0 Å². The van der Waals surface area contributed by atoms with Crippen LogP contribution in [0, 0.1) is 12.7 Å². The molecule has 0 fully saturated rings. The Balaban J connectivity index is 3.19. The number of hydrogen-bond acceptors (Lipinski definition) is 3. The molecule has 0 aliphatic carbocycles. The molecule has 3 nitrogen and oxygen atoms in total. The van der Waals surface area contributed by atoms with Crippen LogP contribution in [0.15, 0.2) is 12.1 Å². The summed E-state index contributed by atoms with van der Waals surface area (Å²) in [6, 6.07) is 2.80. The van der Waals surface area contributed by atoms with Crippen LogP contribution >= 0.6 is 0 Å². The Bertz CT molecular complexity index is 478. The predicted molar refractivity (Wildman–Crippen MR) is 66.2 cm³/mol. The summed E-state index contributed by atoms with van der Waals surface area (Å²) in [4.78, 5) is 23.1. The van der Waals surface area contributed by atoms with Gasteiger partial charge in [-0.2, -0.15) is 0 Å².